The minimum atomic E-state index is -4.90. The van der Waals surface area contributed by atoms with Crippen molar-refractivity contribution < 1.29 is 27.8 Å². The third kappa shape index (κ3) is 7.06. The van der Waals surface area contributed by atoms with Gasteiger partial charge < -0.3 is 15.2 Å². The van der Waals surface area contributed by atoms with Gasteiger partial charge in [-0.25, -0.2) is 0 Å². The Morgan fingerprint density at radius 1 is 1.39 bits per heavy atom. The number of amides is 1. The fraction of sp³-hybridized carbons (Fsp3) is 0.438. The van der Waals surface area contributed by atoms with Gasteiger partial charge in [0.15, 0.2) is 0 Å². The molecule has 0 fully saturated rings. The number of carbonyl (C=O) groups is 1. The first-order valence-corrected chi connectivity index (χ1v) is 6.97. The van der Waals surface area contributed by atoms with Gasteiger partial charge in [-0.05, 0) is 24.1 Å². The maximum absolute atomic E-state index is 12.0. The van der Waals surface area contributed by atoms with Gasteiger partial charge in [0.1, 0.15) is 18.5 Å². The number of aliphatic hydroxyl groups excluding tert-OH is 1. The summed E-state index contributed by atoms with van der Waals surface area (Å²) in [5.41, 5.74) is 0.613. The molecule has 23 heavy (non-hydrogen) atoms. The monoisotopic (exact) mass is 329 g/mol. The van der Waals surface area contributed by atoms with Crippen molar-refractivity contribution >= 4 is 5.91 Å². The number of aliphatic hydroxyl groups is 1. The summed E-state index contributed by atoms with van der Waals surface area (Å²) in [6.07, 6.45) is -5.63. The average Bonchev–Trinajstić information content (AvgIpc) is 2.48. The van der Waals surface area contributed by atoms with Gasteiger partial charge in [-0.15, -0.1) is 0 Å². The topological polar surface area (TPSA) is 58.6 Å². The molecule has 0 bridgehead atoms. The highest BCUT2D eigenvalue weighted by Gasteiger charge is 2.38. The van der Waals surface area contributed by atoms with Crippen molar-refractivity contribution in [2.75, 3.05) is 13.2 Å². The summed E-state index contributed by atoms with van der Waals surface area (Å²) in [4.78, 5) is 10.6. The second kappa shape index (κ2) is 8.44. The molecule has 0 spiro atoms. The molecular weight excluding hydrogens is 311 g/mol. The van der Waals surface area contributed by atoms with Gasteiger partial charge in [-0.2, -0.15) is 13.2 Å². The molecule has 1 atom stereocenters. The number of benzene rings is 1. The number of ether oxygens (including phenoxy) is 1. The lowest BCUT2D eigenvalue weighted by Crippen LogP contribution is -2.38. The van der Waals surface area contributed by atoms with Gasteiger partial charge in [0, 0.05) is 5.56 Å². The SMILES string of the molecule is CC(C)C(O)C#Cc1cccc(OCCNC(=O)C(F)(F)F)c1. The van der Waals surface area contributed by atoms with Crippen molar-refractivity contribution in [2.45, 2.75) is 26.1 Å². The smallest absolute Gasteiger partial charge is 0.471 e. The van der Waals surface area contributed by atoms with E-state index in [0.29, 0.717) is 11.3 Å². The molecule has 126 valence electrons. The minimum absolute atomic E-state index is 0.0131. The predicted octanol–water partition coefficient (Wildman–Crippen LogP) is 2.11. The number of hydrogen-bond donors (Lipinski definition) is 2. The first kappa shape index (κ1) is 18.8. The second-order valence-electron chi connectivity index (χ2n) is 5.09. The Kier molecular flexibility index (Phi) is 6.91. The van der Waals surface area contributed by atoms with E-state index in [1.807, 2.05) is 13.8 Å². The zero-order chi connectivity index (χ0) is 17.5. The highest BCUT2D eigenvalue weighted by molar-refractivity contribution is 5.81. The standard InChI is InChI=1S/C16H18F3NO3/c1-11(2)14(21)7-6-12-4-3-5-13(10-12)23-9-8-20-15(22)16(17,18)19/h3-5,10-11,14,21H,8-9H2,1-2H3,(H,20,22). The largest absolute Gasteiger partial charge is 0.492 e. The van der Waals surface area contributed by atoms with Crippen LogP contribution in [0.2, 0.25) is 0 Å². The van der Waals surface area contributed by atoms with E-state index in [2.05, 4.69) is 11.8 Å². The molecule has 0 radical (unpaired) electrons. The number of carbonyl (C=O) groups excluding carboxylic acids is 1. The van der Waals surface area contributed by atoms with Gasteiger partial charge in [0.05, 0.1) is 6.54 Å². The quantitative estimate of drug-likeness (QED) is 0.643. The highest BCUT2D eigenvalue weighted by Crippen LogP contribution is 2.14. The maximum Gasteiger partial charge on any atom is 0.471 e. The molecule has 0 heterocycles. The molecule has 1 unspecified atom stereocenters. The van der Waals surface area contributed by atoms with Crippen LogP contribution in [0.3, 0.4) is 0 Å². The fourth-order valence-electron chi connectivity index (χ4n) is 1.42. The van der Waals surface area contributed by atoms with Crippen molar-refractivity contribution in [1.29, 1.82) is 0 Å². The Morgan fingerprint density at radius 3 is 2.70 bits per heavy atom. The Bertz CT molecular complexity index is 588. The van der Waals surface area contributed by atoms with Crippen molar-refractivity contribution in [2.24, 2.45) is 5.92 Å². The van der Waals surface area contributed by atoms with Crippen molar-refractivity contribution in [3.63, 3.8) is 0 Å². The summed E-state index contributed by atoms with van der Waals surface area (Å²) in [6.45, 7) is 3.32. The third-order valence-electron chi connectivity index (χ3n) is 2.74. The highest BCUT2D eigenvalue weighted by atomic mass is 19.4. The Labute approximate surface area is 132 Å². The van der Waals surface area contributed by atoms with Gasteiger partial charge in [-0.1, -0.05) is 31.8 Å². The molecule has 7 heteroatoms. The van der Waals surface area contributed by atoms with Gasteiger partial charge in [0.25, 0.3) is 0 Å². The lowest BCUT2D eigenvalue weighted by molar-refractivity contribution is -0.173. The zero-order valence-electron chi connectivity index (χ0n) is 12.8. The van der Waals surface area contributed by atoms with Crippen molar-refractivity contribution in [1.82, 2.24) is 5.32 Å². The molecule has 0 saturated heterocycles. The number of halogens is 3. The molecule has 0 aliphatic carbocycles. The van der Waals surface area contributed by atoms with Gasteiger partial charge in [0.2, 0.25) is 0 Å². The van der Waals surface area contributed by atoms with Crippen LogP contribution in [-0.4, -0.2) is 36.4 Å². The van der Waals surface area contributed by atoms with Crippen LogP contribution in [-0.2, 0) is 4.79 Å². The van der Waals surface area contributed by atoms with Gasteiger partial charge in [-0.3, -0.25) is 4.79 Å². The molecule has 1 aromatic rings. The molecule has 0 aromatic heterocycles. The molecule has 0 aliphatic rings. The van der Waals surface area contributed by atoms with Crippen molar-refractivity contribution in [3.8, 4) is 17.6 Å². The number of rotatable bonds is 5. The first-order chi connectivity index (χ1) is 10.7. The van der Waals surface area contributed by atoms with E-state index in [0.717, 1.165) is 0 Å². The number of hydrogen-bond acceptors (Lipinski definition) is 3. The van der Waals surface area contributed by atoms with E-state index in [9.17, 15) is 23.1 Å². The maximum atomic E-state index is 12.0. The van der Waals surface area contributed by atoms with Crippen LogP contribution in [0.25, 0.3) is 0 Å². The van der Waals surface area contributed by atoms with E-state index in [4.69, 9.17) is 4.74 Å². The molecular formula is C16H18F3NO3. The van der Waals surface area contributed by atoms with Crippen molar-refractivity contribution in [3.05, 3.63) is 29.8 Å². The first-order valence-electron chi connectivity index (χ1n) is 6.97. The summed E-state index contributed by atoms with van der Waals surface area (Å²) >= 11 is 0. The van der Waals surface area contributed by atoms with E-state index in [1.165, 1.54) is 0 Å². The normalized spacial score (nSPS) is 12.3. The Morgan fingerprint density at radius 2 is 2.09 bits per heavy atom. The Hall–Kier alpha value is -2.20. The lowest BCUT2D eigenvalue weighted by atomic mass is 10.1. The van der Waals surface area contributed by atoms with E-state index >= 15 is 0 Å². The zero-order valence-corrected chi connectivity index (χ0v) is 12.8. The van der Waals surface area contributed by atoms with Crippen LogP contribution in [0, 0.1) is 17.8 Å². The van der Waals surface area contributed by atoms with E-state index in [1.54, 1.807) is 29.6 Å². The summed E-state index contributed by atoms with van der Waals surface area (Å²) in [5, 5.41) is 11.3. The number of nitrogens with one attached hydrogen (secondary N) is 1. The lowest BCUT2D eigenvalue weighted by Gasteiger charge is -2.09. The summed E-state index contributed by atoms with van der Waals surface area (Å²) in [6, 6.07) is 6.62. The van der Waals surface area contributed by atoms with Crippen LogP contribution in [0.5, 0.6) is 5.75 Å². The molecule has 1 rings (SSSR count). The van der Waals surface area contributed by atoms with Crippen LogP contribution in [0.4, 0.5) is 13.2 Å². The average molecular weight is 329 g/mol. The molecule has 2 N–H and O–H groups in total. The molecule has 1 aromatic carbocycles. The fourth-order valence-corrected chi connectivity index (χ4v) is 1.42. The molecule has 1 amide bonds. The van der Waals surface area contributed by atoms with E-state index in [-0.39, 0.29) is 19.1 Å². The molecule has 0 saturated carbocycles. The predicted molar refractivity (Wildman–Crippen MR) is 78.7 cm³/mol. The van der Waals surface area contributed by atoms with Crippen LogP contribution in [0.1, 0.15) is 19.4 Å². The second-order valence-corrected chi connectivity index (χ2v) is 5.09. The molecule has 4 nitrogen and oxygen atoms in total. The van der Waals surface area contributed by atoms with Crippen LogP contribution >= 0.6 is 0 Å². The van der Waals surface area contributed by atoms with Crippen LogP contribution in [0.15, 0.2) is 24.3 Å². The Balaban J connectivity index is 2.50. The summed E-state index contributed by atoms with van der Waals surface area (Å²) in [5.74, 6) is 3.92. The number of alkyl halides is 3. The van der Waals surface area contributed by atoms with Crippen LogP contribution < -0.4 is 10.1 Å². The van der Waals surface area contributed by atoms with E-state index < -0.39 is 18.2 Å². The minimum Gasteiger partial charge on any atom is -0.492 e. The summed E-state index contributed by atoms with van der Waals surface area (Å²) < 4.78 is 41.2. The summed E-state index contributed by atoms with van der Waals surface area (Å²) in [7, 11) is 0. The van der Waals surface area contributed by atoms with Gasteiger partial charge >= 0.3 is 12.1 Å². The third-order valence-corrected chi connectivity index (χ3v) is 2.74. The molecule has 0 aliphatic heterocycles.